The Hall–Kier alpha value is -1.60. The van der Waals surface area contributed by atoms with Crippen LogP contribution in [0.25, 0.3) is 0 Å². The number of aryl methyl sites for hydroxylation is 1. The lowest BCUT2D eigenvalue weighted by molar-refractivity contribution is 0.417. The van der Waals surface area contributed by atoms with Gasteiger partial charge in [0.15, 0.2) is 0 Å². The molecule has 2 aromatic rings. The first kappa shape index (κ1) is 14.3. The smallest absolute Gasteiger partial charge is 0.0351 e. The average molecular weight is 279 g/mol. The predicted octanol–water partition coefficient (Wildman–Crippen LogP) is 4.67. The van der Waals surface area contributed by atoms with Crippen molar-refractivity contribution in [2.24, 2.45) is 5.92 Å². The van der Waals surface area contributed by atoms with E-state index in [1.165, 1.54) is 29.5 Å². The molecule has 1 aliphatic rings. The van der Waals surface area contributed by atoms with Crippen molar-refractivity contribution in [2.45, 2.75) is 45.2 Å². The molecule has 0 aromatic heterocycles. The lowest BCUT2D eigenvalue weighted by atomic mass is 9.98. The number of hydrogen-bond acceptors (Lipinski definition) is 1. The molecule has 1 saturated carbocycles. The van der Waals surface area contributed by atoms with Crippen LogP contribution in [0.4, 0.5) is 0 Å². The second-order valence-corrected chi connectivity index (χ2v) is 6.42. The topological polar surface area (TPSA) is 12.0 Å². The van der Waals surface area contributed by atoms with Crippen molar-refractivity contribution in [2.75, 3.05) is 0 Å². The molecule has 0 spiro atoms. The average Bonchev–Trinajstić information content (AvgIpc) is 3.33. The molecular weight excluding hydrogens is 254 g/mol. The molecule has 110 valence electrons. The summed E-state index contributed by atoms with van der Waals surface area (Å²) in [7, 11) is 0. The number of hydrogen-bond donors (Lipinski definition) is 1. The van der Waals surface area contributed by atoms with Crippen LogP contribution in [0.15, 0.2) is 54.6 Å². The Balaban J connectivity index is 1.67. The van der Waals surface area contributed by atoms with Crippen LogP contribution in [-0.4, -0.2) is 6.04 Å². The largest absolute Gasteiger partial charge is 0.307 e. The molecule has 1 fully saturated rings. The van der Waals surface area contributed by atoms with Gasteiger partial charge in [0.25, 0.3) is 0 Å². The summed E-state index contributed by atoms with van der Waals surface area (Å²) < 4.78 is 0. The van der Waals surface area contributed by atoms with Crippen LogP contribution in [0.1, 0.15) is 42.5 Å². The van der Waals surface area contributed by atoms with Crippen LogP contribution in [-0.2, 0) is 6.42 Å². The van der Waals surface area contributed by atoms with E-state index in [-0.39, 0.29) is 0 Å². The molecule has 0 bridgehead atoms. The van der Waals surface area contributed by atoms with Crippen LogP contribution in [0.2, 0.25) is 0 Å². The second kappa shape index (κ2) is 6.44. The van der Waals surface area contributed by atoms with Gasteiger partial charge in [-0.25, -0.2) is 0 Å². The van der Waals surface area contributed by atoms with Crippen LogP contribution >= 0.6 is 0 Å². The van der Waals surface area contributed by atoms with Gasteiger partial charge in [0.1, 0.15) is 0 Å². The molecule has 1 aliphatic carbocycles. The van der Waals surface area contributed by atoms with Crippen molar-refractivity contribution >= 4 is 0 Å². The van der Waals surface area contributed by atoms with Gasteiger partial charge in [-0.3, -0.25) is 0 Å². The maximum atomic E-state index is 3.87. The van der Waals surface area contributed by atoms with Crippen molar-refractivity contribution < 1.29 is 0 Å². The van der Waals surface area contributed by atoms with Crippen LogP contribution in [0.5, 0.6) is 0 Å². The highest BCUT2D eigenvalue weighted by molar-refractivity contribution is 5.27. The fourth-order valence-corrected chi connectivity index (χ4v) is 3.13. The van der Waals surface area contributed by atoms with Gasteiger partial charge in [-0.05, 0) is 55.7 Å². The monoisotopic (exact) mass is 279 g/mol. The van der Waals surface area contributed by atoms with E-state index in [1.807, 2.05) is 0 Å². The zero-order chi connectivity index (χ0) is 14.7. The van der Waals surface area contributed by atoms with Crippen molar-refractivity contribution in [3.63, 3.8) is 0 Å². The third-order valence-electron chi connectivity index (χ3n) is 4.50. The normalized spacial score (nSPS) is 17.4. The Kier molecular flexibility index (Phi) is 4.40. The quantitative estimate of drug-likeness (QED) is 0.810. The highest BCUT2D eigenvalue weighted by Gasteiger charge is 2.32. The third kappa shape index (κ3) is 3.74. The molecule has 2 atom stereocenters. The molecule has 0 amide bonds. The highest BCUT2D eigenvalue weighted by atomic mass is 15.0. The lowest BCUT2D eigenvalue weighted by Gasteiger charge is -2.24. The zero-order valence-corrected chi connectivity index (χ0v) is 13.0. The first-order valence-corrected chi connectivity index (χ1v) is 8.09. The highest BCUT2D eigenvalue weighted by Crippen LogP contribution is 2.41. The fraction of sp³-hybridized carbons (Fsp3) is 0.400. The lowest BCUT2D eigenvalue weighted by Crippen LogP contribution is -2.33. The summed E-state index contributed by atoms with van der Waals surface area (Å²) in [5.74, 6) is 0.826. The molecule has 2 unspecified atom stereocenters. The third-order valence-corrected chi connectivity index (χ3v) is 4.50. The molecule has 0 radical (unpaired) electrons. The summed E-state index contributed by atoms with van der Waals surface area (Å²) in [4.78, 5) is 0. The van der Waals surface area contributed by atoms with Gasteiger partial charge in [-0.15, -0.1) is 0 Å². The molecular formula is C20H25N. The number of benzene rings is 2. The van der Waals surface area contributed by atoms with Crippen molar-refractivity contribution in [3.05, 3.63) is 71.3 Å². The van der Waals surface area contributed by atoms with Crippen LogP contribution in [0.3, 0.4) is 0 Å². The zero-order valence-electron chi connectivity index (χ0n) is 13.0. The minimum absolute atomic E-state index is 0.497. The van der Waals surface area contributed by atoms with Crippen LogP contribution in [0, 0.1) is 12.8 Å². The molecule has 3 rings (SSSR count). The number of nitrogens with one attached hydrogen (secondary N) is 1. The Labute approximate surface area is 128 Å². The maximum absolute atomic E-state index is 3.87. The summed E-state index contributed by atoms with van der Waals surface area (Å²) in [5, 5.41) is 3.87. The van der Waals surface area contributed by atoms with Crippen molar-refractivity contribution in [1.29, 1.82) is 0 Å². The molecule has 1 N–H and O–H groups in total. The van der Waals surface area contributed by atoms with E-state index in [0.29, 0.717) is 12.1 Å². The van der Waals surface area contributed by atoms with Gasteiger partial charge in [0.05, 0.1) is 0 Å². The minimum atomic E-state index is 0.497. The summed E-state index contributed by atoms with van der Waals surface area (Å²) in [6.45, 7) is 4.52. The van der Waals surface area contributed by atoms with Gasteiger partial charge in [-0.1, -0.05) is 54.6 Å². The molecule has 0 saturated heterocycles. The van der Waals surface area contributed by atoms with Gasteiger partial charge >= 0.3 is 0 Å². The second-order valence-electron chi connectivity index (χ2n) is 6.42. The molecule has 0 heterocycles. The van der Waals surface area contributed by atoms with E-state index in [2.05, 4.69) is 73.8 Å². The molecule has 1 heteroatoms. The summed E-state index contributed by atoms with van der Waals surface area (Å²) in [6, 6.07) is 20.7. The Morgan fingerprint density at radius 1 is 1.00 bits per heavy atom. The van der Waals surface area contributed by atoms with E-state index >= 15 is 0 Å². The standard InChI is InChI=1S/C20H25N/c1-15-8-6-7-11-19(15)14-16(2)21-20(18-12-13-18)17-9-4-3-5-10-17/h3-11,16,18,20-21H,12-14H2,1-2H3. The molecule has 1 nitrogen and oxygen atoms in total. The number of rotatable bonds is 6. The maximum Gasteiger partial charge on any atom is 0.0351 e. The summed E-state index contributed by atoms with van der Waals surface area (Å²) in [6.07, 6.45) is 3.83. The summed E-state index contributed by atoms with van der Waals surface area (Å²) in [5.41, 5.74) is 4.30. The van der Waals surface area contributed by atoms with Gasteiger partial charge in [0.2, 0.25) is 0 Å². The minimum Gasteiger partial charge on any atom is -0.307 e. The van der Waals surface area contributed by atoms with Gasteiger partial charge < -0.3 is 5.32 Å². The molecule has 21 heavy (non-hydrogen) atoms. The molecule has 2 aromatic carbocycles. The fourth-order valence-electron chi connectivity index (χ4n) is 3.13. The SMILES string of the molecule is Cc1ccccc1CC(C)NC(c1ccccc1)C1CC1. The first-order valence-electron chi connectivity index (χ1n) is 8.09. The van der Waals surface area contributed by atoms with E-state index in [1.54, 1.807) is 0 Å². The van der Waals surface area contributed by atoms with Gasteiger partial charge in [-0.2, -0.15) is 0 Å². The Morgan fingerprint density at radius 2 is 1.67 bits per heavy atom. The summed E-state index contributed by atoms with van der Waals surface area (Å²) >= 11 is 0. The van der Waals surface area contributed by atoms with E-state index in [0.717, 1.165) is 12.3 Å². The van der Waals surface area contributed by atoms with Crippen molar-refractivity contribution in [1.82, 2.24) is 5.32 Å². The van der Waals surface area contributed by atoms with E-state index in [9.17, 15) is 0 Å². The molecule has 0 aliphatic heterocycles. The van der Waals surface area contributed by atoms with E-state index in [4.69, 9.17) is 0 Å². The van der Waals surface area contributed by atoms with Crippen molar-refractivity contribution in [3.8, 4) is 0 Å². The van der Waals surface area contributed by atoms with Gasteiger partial charge in [0, 0.05) is 12.1 Å². The van der Waals surface area contributed by atoms with E-state index < -0.39 is 0 Å². The Bertz CT molecular complexity index is 571. The Morgan fingerprint density at radius 3 is 2.33 bits per heavy atom. The first-order chi connectivity index (χ1) is 10.2. The predicted molar refractivity (Wildman–Crippen MR) is 89.4 cm³/mol. The van der Waals surface area contributed by atoms with Crippen LogP contribution < -0.4 is 5.32 Å².